The second kappa shape index (κ2) is 6.16. The first-order chi connectivity index (χ1) is 9.60. The summed E-state index contributed by atoms with van der Waals surface area (Å²) >= 11 is 5.96. The molecule has 102 valence electrons. The van der Waals surface area contributed by atoms with Gasteiger partial charge >= 0.3 is 5.97 Å². The van der Waals surface area contributed by atoms with Crippen LogP contribution in [-0.2, 0) is 6.61 Å². The number of hydrogen-bond acceptors (Lipinski definition) is 4. The van der Waals surface area contributed by atoms with Gasteiger partial charge in [-0.2, -0.15) is 0 Å². The Hall–Kier alpha value is -2.40. The van der Waals surface area contributed by atoms with Crippen LogP contribution in [0.1, 0.15) is 26.4 Å². The second-order valence-corrected chi connectivity index (χ2v) is 4.35. The monoisotopic (exact) mass is 291 g/mol. The highest BCUT2D eigenvalue weighted by Crippen LogP contribution is 2.25. The molecule has 0 bridgehead atoms. The lowest BCUT2D eigenvalue weighted by atomic mass is 10.2. The summed E-state index contributed by atoms with van der Waals surface area (Å²) in [6.45, 7) is 0.153. The predicted molar refractivity (Wildman–Crippen MR) is 72.4 cm³/mol. The third-order valence-corrected chi connectivity index (χ3v) is 2.83. The van der Waals surface area contributed by atoms with Crippen LogP contribution in [0.25, 0.3) is 0 Å². The summed E-state index contributed by atoms with van der Waals surface area (Å²) in [6.07, 6.45) is 1.96. The van der Waals surface area contributed by atoms with E-state index in [2.05, 4.69) is 4.98 Å². The third kappa shape index (κ3) is 3.33. The van der Waals surface area contributed by atoms with Crippen LogP contribution in [0.4, 0.5) is 0 Å². The molecule has 20 heavy (non-hydrogen) atoms. The van der Waals surface area contributed by atoms with Crippen molar-refractivity contribution in [2.45, 2.75) is 6.61 Å². The Morgan fingerprint density at radius 1 is 1.35 bits per heavy atom. The lowest BCUT2D eigenvalue weighted by Crippen LogP contribution is -2.02. The van der Waals surface area contributed by atoms with Crippen LogP contribution < -0.4 is 4.74 Å². The van der Waals surface area contributed by atoms with E-state index < -0.39 is 5.97 Å². The maximum Gasteiger partial charge on any atom is 0.337 e. The Morgan fingerprint density at radius 2 is 2.15 bits per heavy atom. The van der Waals surface area contributed by atoms with Gasteiger partial charge in [-0.05, 0) is 30.3 Å². The van der Waals surface area contributed by atoms with Crippen molar-refractivity contribution in [3.8, 4) is 5.75 Å². The van der Waals surface area contributed by atoms with E-state index in [1.807, 2.05) is 0 Å². The summed E-state index contributed by atoms with van der Waals surface area (Å²) in [6, 6.07) is 7.71. The maximum absolute atomic E-state index is 10.7. The summed E-state index contributed by atoms with van der Waals surface area (Å²) in [5.74, 6) is -0.598. The van der Waals surface area contributed by atoms with Gasteiger partial charge in [0.1, 0.15) is 18.6 Å². The van der Waals surface area contributed by atoms with Gasteiger partial charge in [-0.25, -0.2) is 4.79 Å². The molecular weight excluding hydrogens is 282 g/mol. The Labute approximate surface area is 119 Å². The van der Waals surface area contributed by atoms with Crippen LogP contribution in [0.5, 0.6) is 5.75 Å². The van der Waals surface area contributed by atoms with Gasteiger partial charge in [0.15, 0.2) is 0 Å². The largest absolute Gasteiger partial charge is 0.486 e. The van der Waals surface area contributed by atoms with Crippen LogP contribution in [-0.4, -0.2) is 22.3 Å². The minimum absolute atomic E-state index is 0.113. The van der Waals surface area contributed by atoms with Crippen molar-refractivity contribution in [1.29, 1.82) is 0 Å². The summed E-state index contributed by atoms with van der Waals surface area (Å²) in [7, 11) is 0. The molecule has 0 spiro atoms. The van der Waals surface area contributed by atoms with Crippen LogP contribution in [0.15, 0.2) is 36.5 Å². The number of carboxylic acid groups (broad SMARTS) is 1. The number of aromatic carboxylic acids is 1. The molecule has 0 amide bonds. The highest BCUT2D eigenvalue weighted by atomic mass is 35.5. The van der Waals surface area contributed by atoms with Crippen molar-refractivity contribution in [3.63, 3.8) is 0 Å². The predicted octanol–water partition coefficient (Wildman–Crippen LogP) is 2.82. The molecule has 0 unspecified atom stereocenters. The summed E-state index contributed by atoms with van der Waals surface area (Å²) in [5, 5.41) is 9.08. The normalized spacial score (nSPS) is 10.1. The number of aromatic nitrogens is 1. The first-order valence-corrected chi connectivity index (χ1v) is 6.03. The molecule has 1 N–H and O–H groups in total. The van der Waals surface area contributed by atoms with Crippen molar-refractivity contribution in [3.05, 3.63) is 58.4 Å². The lowest BCUT2D eigenvalue weighted by Gasteiger charge is -2.08. The fourth-order valence-corrected chi connectivity index (χ4v) is 1.74. The number of rotatable bonds is 5. The molecule has 5 nitrogen and oxygen atoms in total. The first-order valence-electron chi connectivity index (χ1n) is 5.66. The fourth-order valence-electron chi connectivity index (χ4n) is 1.50. The second-order valence-electron chi connectivity index (χ2n) is 3.94. The van der Waals surface area contributed by atoms with E-state index in [0.717, 1.165) is 0 Å². The van der Waals surface area contributed by atoms with Crippen molar-refractivity contribution in [1.82, 2.24) is 4.98 Å². The zero-order chi connectivity index (χ0) is 14.5. The first kappa shape index (κ1) is 14.0. The summed E-state index contributed by atoms with van der Waals surface area (Å²) in [5.41, 5.74) is 1.15. The third-order valence-electron chi connectivity index (χ3n) is 2.54. The number of pyridine rings is 1. The molecule has 2 aromatic rings. The van der Waals surface area contributed by atoms with Gasteiger partial charge in [0.25, 0.3) is 0 Å². The zero-order valence-electron chi connectivity index (χ0n) is 10.2. The van der Waals surface area contributed by atoms with Gasteiger partial charge in [-0.3, -0.25) is 9.78 Å². The number of aldehydes is 1. The molecule has 0 saturated heterocycles. The number of carbonyl (C=O) groups is 2. The smallest absolute Gasteiger partial charge is 0.337 e. The van der Waals surface area contributed by atoms with Crippen LogP contribution >= 0.6 is 11.6 Å². The van der Waals surface area contributed by atoms with Gasteiger partial charge in [0.05, 0.1) is 16.3 Å². The minimum atomic E-state index is -1.03. The highest BCUT2D eigenvalue weighted by Gasteiger charge is 2.06. The van der Waals surface area contributed by atoms with Gasteiger partial charge in [-0.15, -0.1) is 0 Å². The Balaban J connectivity index is 2.05. The number of benzene rings is 1. The Bertz CT molecular complexity index is 640. The van der Waals surface area contributed by atoms with Crippen LogP contribution in [0.2, 0.25) is 5.02 Å². The molecule has 0 saturated carbocycles. The molecular formula is C14H10ClNO4. The summed E-state index contributed by atoms with van der Waals surface area (Å²) < 4.78 is 5.46. The van der Waals surface area contributed by atoms with E-state index in [1.54, 1.807) is 18.2 Å². The van der Waals surface area contributed by atoms with Gasteiger partial charge in [-0.1, -0.05) is 11.6 Å². The van der Waals surface area contributed by atoms with Crippen molar-refractivity contribution in [2.24, 2.45) is 0 Å². The average molecular weight is 292 g/mol. The number of halogens is 1. The Morgan fingerprint density at radius 3 is 2.70 bits per heavy atom. The molecule has 1 aromatic heterocycles. The number of nitrogens with zero attached hydrogens (tertiary/aromatic N) is 1. The fraction of sp³-hybridized carbons (Fsp3) is 0.0714. The Kier molecular flexibility index (Phi) is 4.32. The number of carbonyl (C=O) groups excluding carboxylic acids is 1. The van der Waals surface area contributed by atoms with E-state index in [-0.39, 0.29) is 12.2 Å². The van der Waals surface area contributed by atoms with E-state index in [4.69, 9.17) is 21.4 Å². The van der Waals surface area contributed by atoms with Gasteiger partial charge in [0.2, 0.25) is 0 Å². The van der Waals surface area contributed by atoms with Crippen molar-refractivity contribution < 1.29 is 19.4 Å². The number of ether oxygens (including phenoxy) is 1. The number of hydrogen-bond donors (Lipinski definition) is 1. The molecule has 0 radical (unpaired) electrons. The van der Waals surface area contributed by atoms with Crippen molar-refractivity contribution in [2.75, 3.05) is 0 Å². The van der Waals surface area contributed by atoms with E-state index in [0.29, 0.717) is 28.3 Å². The molecule has 1 aromatic carbocycles. The lowest BCUT2D eigenvalue weighted by molar-refractivity contribution is 0.0696. The maximum atomic E-state index is 10.7. The molecule has 6 heteroatoms. The molecule has 0 fully saturated rings. The van der Waals surface area contributed by atoms with Crippen molar-refractivity contribution >= 4 is 23.9 Å². The quantitative estimate of drug-likeness (QED) is 0.857. The van der Waals surface area contributed by atoms with E-state index >= 15 is 0 Å². The molecule has 0 aliphatic heterocycles. The molecule has 1 heterocycles. The molecule has 0 atom stereocenters. The van der Waals surface area contributed by atoms with Crippen LogP contribution in [0.3, 0.4) is 0 Å². The minimum Gasteiger partial charge on any atom is -0.486 e. The summed E-state index contributed by atoms with van der Waals surface area (Å²) in [4.78, 5) is 25.2. The zero-order valence-corrected chi connectivity index (χ0v) is 11.0. The SMILES string of the molecule is O=Cc1ccc(OCc2ccc(C(=O)O)cn2)c(Cl)c1. The van der Waals surface area contributed by atoms with E-state index in [1.165, 1.54) is 18.3 Å². The molecule has 0 aliphatic rings. The number of carboxylic acids is 1. The average Bonchev–Trinajstić information content (AvgIpc) is 2.46. The molecule has 0 aliphatic carbocycles. The molecule has 2 rings (SSSR count). The standard InChI is InChI=1S/C14H10ClNO4/c15-12-5-9(7-17)1-4-13(12)20-8-11-3-2-10(6-16-11)14(18)19/h1-7H,8H2,(H,18,19). The highest BCUT2D eigenvalue weighted by molar-refractivity contribution is 6.32. The van der Waals surface area contributed by atoms with Gasteiger partial charge in [0, 0.05) is 11.8 Å². The topological polar surface area (TPSA) is 76.5 Å². The van der Waals surface area contributed by atoms with Gasteiger partial charge < -0.3 is 9.84 Å². The van der Waals surface area contributed by atoms with Crippen LogP contribution in [0, 0.1) is 0 Å². The van der Waals surface area contributed by atoms with E-state index in [9.17, 15) is 9.59 Å².